The summed E-state index contributed by atoms with van der Waals surface area (Å²) < 4.78 is 5.36. The number of ether oxygens (including phenoxy) is 1. The van der Waals surface area contributed by atoms with Crippen LogP contribution in [0.5, 0.6) is 6.01 Å². The molecule has 0 radical (unpaired) electrons. The quantitative estimate of drug-likeness (QED) is 0.850. The van der Waals surface area contributed by atoms with Crippen molar-refractivity contribution < 1.29 is 4.74 Å². The minimum absolute atomic E-state index is 0.364. The zero-order valence-electron chi connectivity index (χ0n) is 12.1. The fourth-order valence-corrected chi connectivity index (χ4v) is 2.46. The van der Waals surface area contributed by atoms with Gasteiger partial charge >= 0.3 is 6.01 Å². The molecule has 1 aromatic heterocycles. The van der Waals surface area contributed by atoms with E-state index in [1.165, 1.54) is 6.42 Å². The van der Waals surface area contributed by atoms with Crippen molar-refractivity contribution in [2.45, 2.75) is 39.7 Å². The summed E-state index contributed by atoms with van der Waals surface area (Å²) in [6.07, 6.45) is 2.41. The monoisotopic (exact) mass is 265 g/mol. The molecule has 2 rings (SSSR count). The van der Waals surface area contributed by atoms with Gasteiger partial charge in [-0.3, -0.25) is 0 Å². The fraction of sp³-hybridized carbons (Fsp3) is 0.769. The zero-order chi connectivity index (χ0) is 13.8. The zero-order valence-corrected chi connectivity index (χ0v) is 12.1. The Morgan fingerprint density at radius 2 is 1.89 bits per heavy atom. The Hall–Kier alpha value is -1.59. The molecule has 3 unspecified atom stereocenters. The van der Waals surface area contributed by atoms with Crippen molar-refractivity contribution in [2.75, 3.05) is 24.3 Å². The van der Waals surface area contributed by atoms with Crippen LogP contribution >= 0.6 is 0 Å². The topological polar surface area (TPSA) is 72.0 Å². The van der Waals surface area contributed by atoms with Crippen molar-refractivity contribution in [3.8, 4) is 6.01 Å². The molecule has 1 aromatic rings. The lowest BCUT2D eigenvalue weighted by molar-refractivity contribution is 0.312. The van der Waals surface area contributed by atoms with E-state index in [9.17, 15) is 0 Å². The van der Waals surface area contributed by atoms with Crippen LogP contribution in [0.15, 0.2) is 0 Å². The molecular formula is C13H23N5O. The van der Waals surface area contributed by atoms with E-state index < -0.39 is 0 Å². The molecular weight excluding hydrogens is 242 g/mol. The summed E-state index contributed by atoms with van der Waals surface area (Å²) in [5, 5.41) is 6.34. The van der Waals surface area contributed by atoms with Crippen LogP contribution in [0, 0.1) is 11.8 Å². The summed E-state index contributed by atoms with van der Waals surface area (Å²) in [5.74, 6) is 2.49. The van der Waals surface area contributed by atoms with Gasteiger partial charge in [-0.15, -0.1) is 0 Å². The average Bonchev–Trinajstić information content (AvgIpc) is 2.71. The second kappa shape index (κ2) is 6.04. The maximum Gasteiger partial charge on any atom is 0.323 e. The van der Waals surface area contributed by atoms with Crippen LogP contribution in [-0.2, 0) is 0 Å². The van der Waals surface area contributed by atoms with E-state index in [-0.39, 0.29) is 0 Å². The van der Waals surface area contributed by atoms with Crippen LogP contribution in [0.2, 0.25) is 0 Å². The Morgan fingerprint density at radius 1 is 1.16 bits per heavy atom. The summed E-state index contributed by atoms with van der Waals surface area (Å²) in [4.78, 5) is 12.8. The van der Waals surface area contributed by atoms with E-state index in [0.29, 0.717) is 36.5 Å². The van der Waals surface area contributed by atoms with Crippen molar-refractivity contribution in [3.63, 3.8) is 0 Å². The number of nitrogens with one attached hydrogen (secondary N) is 2. The standard InChI is InChI=1S/C13H23N5O/c1-5-19-13-17-11(14-4)16-12(18-13)15-10-7-6-8(2)9(10)3/h8-10H,5-7H2,1-4H3,(H2,14,15,16,17,18). The molecule has 1 fully saturated rings. The molecule has 0 spiro atoms. The summed E-state index contributed by atoms with van der Waals surface area (Å²) in [5.41, 5.74) is 0. The van der Waals surface area contributed by atoms with Crippen LogP contribution in [0.3, 0.4) is 0 Å². The SMILES string of the molecule is CCOc1nc(NC)nc(NC2CCC(C)C2C)n1. The molecule has 6 nitrogen and oxygen atoms in total. The minimum atomic E-state index is 0.364. The molecule has 0 aliphatic heterocycles. The number of hydrogen-bond acceptors (Lipinski definition) is 6. The third-order valence-electron chi connectivity index (χ3n) is 3.89. The summed E-state index contributed by atoms with van der Waals surface area (Å²) in [6.45, 7) is 7.03. The largest absolute Gasteiger partial charge is 0.464 e. The number of rotatable bonds is 5. The van der Waals surface area contributed by atoms with Crippen LogP contribution in [0.1, 0.15) is 33.6 Å². The number of nitrogens with zero attached hydrogens (tertiary/aromatic N) is 3. The molecule has 1 aliphatic rings. The fourth-order valence-electron chi connectivity index (χ4n) is 2.46. The van der Waals surface area contributed by atoms with Crippen molar-refractivity contribution in [3.05, 3.63) is 0 Å². The molecule has 1 heterocycles. The maximum absolute atomic E-state index is 5.36. The lowest BCUT2D eigenvalue weighted by Gasteiger charge is -2.19. The Kier molecular flexibility index (Phi) is 4.39. The lowest BCUT2D eigenvalue weighted by atomic mass is 9.98. The molecule has 0 aromatic carbocycles. The minimum Gasteiger partial charge on any atom is -0.464 e. The third kappa shape index (κ3) is 3.24. The highest BCUT2D eigenvalue weighted by Gasteiger charge is 2.30. The van der Waals surface area contributed by atoms with Gasteiger partial charge in [0.2, 0.25) is 11.9 Å². The Balaban J connectivity index is 2.12. The highest BCUT2D eigenvalue weighted by atomic mass is 16.5. The van der Waals surface area contributed by atoms with Gasteiger partial charge in [0.15, 0.2) is 0 Å². The van der Waals surface area contributed by atoms with Crippen LogP contribution in [0.4, 0.5) is 11.9 Å². The first-order valence-electron chi connectivity index (χ1n) is 6.97. The van der Waals surface area contributed by atoms with Crippen molar-refractivity contribution in [1.29, 1.82) is 0 Å². The van der Waals surface area contributed by atoms with Gasteiger partial charge in [0.25, 0.3) is 0 Å². The predicted molar refractivity (Wildman–Crippen MR) is 75.5 cm³/mol. The van der Waals surface area contributed by atoms with Gasteiger partial charge < -0.3 is 15.4 Å². The Morgan fingerprint density at radius 3 is 2.47 bits per heavy atom. The van der Waals surface area contributed by atoms with Crippen molar-refractivity contribution in [2.24, 2.45) is 11.8 Å². The van der Waals surface area contributed by atoms with E-state index in [1.54, 1.807) is 7.05 Å². The van der Waals surface area contributed by atoms with Crippen LogP contribution in [0.25, 0.3) is 0 Å². The van der Waals surface area contributed by atoms with Gasteiger partial charge in [0, 0.05) is 13.1 Å². The summed E-state index contributed by atoms with van der Waals surface area (Å²) >= 11 is 0. The highest BCUT2D eigenvalue weighted by molar-refractivity contribution is 5.36. The Labute approximate surface area is 114 Å². The van der Waals surface area contributed by atoms with E-state index in [4.69, 9.17) is 4.74 Å². The van der Waals surface area contributed by atoms with Gasteiger partial charge in [-0.05, 0) is 31.6 Å². The normalized spacial score (nSPS) is 26.2. The van der Waals surface area contributed by atoms with Crippen LogP contribution < -0.4 is 15.4 Å². The molecule has 0 bridgehead atoms. The molecule has 2 N–H and O–H groups in total. The number of hydrogen-bond donors (Lipinski definition) is 2. The first-order chi connectivity index (χ1) is 9.13. The highest BCUT2D eigenvalue weighted by Crippen LogP contribution is 2.32. The molecule has 1 saturated carbocycles. The van der Waals surface area contributed by atoms with Gasteiger partial charge in [-0.1, -0.05) is 13.8 Å². The van der Waals surface area contributed by atoms with Gasteiger partial charge in [-0.25, -0.2) is 0 Å². The van der Waals surface area contributed by atoms with Crippen molar-refractivity contribution in [1.82, 2.24) is 15.0 Å². The smallest absolute Gasteiger partial charge is 0.323 e. The molecule has 19 heavy (non-hydrogen) atoms. The van der Waals surface area contributed by atoms with Gasteiger partial charge in [0.05, 0.1) is 6.61 Å². The first kappa shape index (κ1) is 13.8. The molecule has 106 valence electrons. The maximum atomic E-state index is 5.36. The molecule has 6 heteroatoms. The Bertz CT molecular complexity index is 425. The molecule has 3 atom stereocenters. The first-order valence-corrected chi connectivity index (χ1v) is 6.97. The van der Waals surface area contributed by atoms with Crippen LogP contribution in [-0.4, -0.2) is 34.6 Å². The van der Waals surface area contributed by atoms with Gasteiger partial charge in [-0.2, -0.15) is 15.0 Å². The molecule has 1 aliphatic carbocycles. The van der Waals surface area contributed by atoms with Gasteiger partial charge in [0.1, 0.15) is 0 Å². The lowest BCUT2D eigenvalue weighted by Crippen LogP contribution is -2.25. The number of aromatic nitrogens is 3. The second-order valence-electron chi connectivity index (χ2n) is 5.11. The van der Waals surface area contributed by atoms with E-state index in [2.05, 4.69) is 39.4 Å². The molecule has 0 amide bonds. The van der Waals surface area contributed by atoms with E-state index >= 15 is 0 Å². The summed E-state index contributed by atoms with van der Waals surface area (Å²) in [7, 11) is 1.79. The molecule has 0 saturated heterocycles. The predicted octanol–water partition coefficient (Wildman–Crippen LogP) is 2.16. The van der Waals surface area contributed by atoms with E-state index in [0.717, 1.165) is 12.3 Å². The van der Waals surface area contributed by atoms with Crippen molar-refractivity contribution >= 4 is 11.9 Å². The number of anilines is 2. The summed E-state index contributed by atoms with van der Waals surface area (Å²) in [6, 6.07) is 0.791. The second-order valence-corrected chi connectivity index (χ2v) is 5.11. The van der Waals surface area contributed by atoms with E-state index in [1.807, 2.05) is 6.92 Å². The average molecular weight is 265 g/mol. The third-order valence-corrected chi connectivity index (χ3v) is 3.89.